The molecular weight excluding hydrogens is 110 g/mol. The molecular formula is C3H3N3O2. The summed E-state index contributed by atoms with van der Waals surface area (Å²) in [6.45, 7) is 0. The highest BCUT2D eigenvalue weighted by atomic mass is 16.4. The highest BCUT2D eigenvalue weighted by Crippen LogP contribution is 1.34. The zero-order valence-corrected chi connectivity index (χ0v) is 3.83. The van der Waals surface area contributed by atoms with E-state index in [0.29, 0.717) is 0 Å². The summed E-state index contributed by atoms with van der Waals surface area (Å²) < 4.78 is 0. The van der Waals surface area contributed by atoms with Crippen LogP contribution < -0.4 is 5.73 Å². The lowest BCUT2D eigenvalue weighted by molar-refractivity contribution is 0.205. The first-order chi connectivity index (χ1) is 3.65. The van der Waals surface area contributed by atoms with Gasteiger partial charge in [-0.05, 0) is 0 Å². The van der Waals surface area contributed by atoms with E-state index in [9.17, 15) is 0 Å². The van der Waals surface area contributed by atoms with Crippen LogP contribution in [0, 0.1) is 22.7 Å². The van der Waals surface area contributed by atoms with E-state index in [0.717, 1.165) is 0 Å². The maximum Gasteiger partial charge on any atom is 0.402 e. The predicted molar refractivity (Wildman–Crippen MR) is 23.4 cm³/mol. The van der Waals surface area contributed by atoms with E-state index >= 15 is 0 Å². The van der Waals surface area contributed by atoms with Crippen LogP contribution in [0.5, 0.6) is 0 Å². The summed E-state index contributed by atoms with van der Waals surface area (Å²) in [6.07, 6.45) is -1.33. The Bertz CT molecular complexity index is 124. The monoisotopic (exact) mass is 113 g/mol. The lowest BCUT2D eigenvalue weighted by Gasteiger charge is -1.61. The zero-order valence-electron chi connectivity index (χ0n) is 3.83. The molecule has 0 unspecified atom stereocenters. The molecule has 0 aromatic rings. The number of amides is 1. The number of nitriles is 2. The molecule has 0 atom stereocenters. The van der Waals surface area contributed by atoms with Crippen molar-refractivity contribution in [2.45, 2.75) is 0 Å². The molecule has 0 heterocycles. The molecule has 3 N–H and O–H groups in total. The van der Waals surface area contributed by atoms with Crippen LogP contribution in [0.2, 0.25) is 0 Å². The fraction of sp³-hybridized carbons (Fsp3) is 0. The normalized spacial score (nSPS) is 4.25. The molecule has 0 radical (unpaired) electrons. The van der Waals surface area contributed by atoms with Gasteiger partial charge in [-0.25, -0.2) is 4.79 Å². The molecule has 0 aromatic heterocycles. The van der Waals surface area contributed by atoms with Gasteiger partial charge in [-0.3, -0.25) is 0 Å². The number of primary amides is 1. The van der Waals surface area contributed by atoms with Crippen molar-refractivity contribution in [3.8, 4) is 12.1 Å². The second-order valence-corrected chi connectivity index (χ2v) is 0.562. The number of carbonyl (C=O) groups is 1. The molecule has 42 valence electrons. The SMILES string of the molecule is N#CC#N.NC(=O)O. The Morgan fingerprint density at radius 1 is 1.50 bits per heavy atom. The van der Waals surface area contributed by atoms with Crippen LogP contribution in [0.25, 0.3) is 0 Å². The third kappa shape index (κ3) is 79.8. The molecule has 0 fully saturated rings. The Kier molecular flexibility index (Phi) is 10.7. The second-order valence-electron chi connectivity index (χ2n) is 0.562. The van der Waals surface area contributed by atoms with Gasteiger partial charge >= 0.3 is 6.09 Å². The highest BCUT2D eigenvalue weighted by molar-refractivity contribution is 5.61. The van der Waals surface area contributed by atoms with Gasteiger partial charge in [-0.2, -0.15) is 10.5 Å². The van der Waals surface area contributed by atoms with Gasteiger partial charge in [0.1, 0.15) is 0 Å². The number of rotatable bonds is 0. The molecule has 0 saturated carbocycles. The van der Waals surface area contributed by atoms with E-state index in [1.165, 1.54) is 12.1 Å². The topological polar surface area (TPSA) is 111 Å². The van der Waals surface area contributed by atoms with Crippen LogP contribution in [0.4, 0.5) is 4.79 Å². The van der Waals surface area contributed by atoms with E-state index < -0.39 is 6.09 Å². The second kappa shape index (κ2) is 8.98. The van der Waals surface area contributed by atoms with E-state index in [2.05, 4.69) is 5.73 Å². The van der Waals surface area contributed by atoms with Crippen LogP contribution in [0.15, 0.2) is 0 Å². The summed E-state index contributed by atoms with van der Waals surface area (Å²) in [5.41, 5.74) is 4.03. The molecule has 0 saturated heterocycles. The van der Waals surface area contributed by atoms with E-state index in [1.54, 1.807) is 0 Å². The van der Waals surface area contributed by atoms with Crippen molar-refractivity contribution < 1.29 is 9.90 Å². The number of nitrogens with two attached hydrogens (primary N) is 1. The first kappa shape index (κ1) is 9.54. The first-order valence-electron chi connectivity index (χ1n) is 1.41. The largest absolute Gasteiger partial charge is 0.465 e. The molecule has 5 nitrogen and oxygen atoms in total. The van der Waals surface area contributed by atoms with E-state index in [4.69, 9.17) is 20.4 Å². The summed E-state index contributed by atoms with van der Waals surface area (Å²) in [4.78, 5) is 8.78. The molecule has 0 aliphatic heterocycles. The third-order valence-electron chi connectivity index (χ3n) is 0.0500. The molecule has 8 heavy (non-hydrogen) atoms. The molecule has 0 aliphatic carbocycles. The summed E-state index contributed by atoms with van der Waals surface area (Å²) >= 11 is 0. The van der Waals surface area contributed by atoms with Gasteiger partial charge in [-0.1, -0.05) is 0 Å². The molecule has 5 heteroatoms. The summed E-state index contributed by atoms with van der Waals surface area (Å²) in [7, 11) is 0. The van der Waals surface area contributed by atoms with Gasteiger partial charge in [0.25, 0.3) is 0 Å². The number of hydrogen-bond donors (Lipinski definition) is 2. The molecule has 0 spiro atoms. The minimum atomic E-state index is -1.33. The Balaban J connectivity index is 0. The smallest absolute Gasteiger partial charge is 0.402 e. The van der Waals surface area contributed by atoms with Crippen LogP contribution in [0.1, 0.15) is 0 Å². The van der Waals surface area contributed by atoms with Crippen molar-refractivity contribution in [2.24, 2.45) is 5.73 Å². The van der Waals surface area contributed by atoms with Crippen LogP contribution >= 0.6 is 0 Å². The molecule has 1 amide bonds. The van der Waals surface area contributed by atoms with Crippen molar-refractivity contribution >= 4 is 6.09 Å². The fourth-order valence-corrected chi connectivity index (χ4v) is 0. The maximum absolute atomic E-state index is 8.78. The Morgan fingerprint density at radius 3 is 1.62 bits per heavy atom. The lowest BCUT2D eigenvalue weighted by atomic mass is 10.9. The third-order valence-corrected chi connectivity index (χ3v) is 0.0500. The van der Waals surface area contributed by atoms with E-state index in [1.807, 2.05) is 0 Å². The Labute approximate surface area is 45.6 Å². The van der Waals surface area contributed by atoms with Gasteiger partial charge in [-0.15, -0.1) is 0 Å². The van der Waals surface area contributed by atoms with Crippen molar-refractivity contribution in [3.05, 3.63) is 0 Å². The van der Waals surface area contributed by atoms with Gasteiger partial charge in [0.2, 0.25) is 0 Å². The van der Waals surface area contributed by atoms with Crippen molar-refractivity contribution in [2.75, 3.05) is 0 Å². The predicted octanol–water partition coefficient (Wildman–Crippen LogP) is -0.343. The number of carboxylic acid groups (broad SMARTS) is 1. The number of hydrogen-bond acceptors (Lipinski definition) is 3. The summed E-state index contributed by atoms with van der Waals surface area (Å²) in [6, 6.07) is 2.47. The lowest BCUT2D eigenvalue weighted by Crippen LogP contribution is -2.03. The first-order valence-corrected chi connectivity index (χ1v) is 1.41. The fourth-order valence-electron chi connectivity index (χ4n) is 0. The molecule has 0 aliphatic rings. The van der Waals surface area contributed by atoms with Gasteiger partial charge in [0.15, 0.2) is 12.1 Å². The quantitative estimate of drug-likeness (QED) is 0.447. The van der Waals surface area contributed by atoms with Crippen molar-refractivity contribution in [3.63, 3.8) is 0 Å². The van der Waals surface area contributed by atoms with Gasteiger partial charge in [0, 0.05) is 0 Å². The van der Waals surface area contributed by atoms with Crippen LogP contribution in [0.3, 0.4) is 0 Å². The average Bonchev–Trinajstić information content (AvgIpc) is 1.65. The summed E-state index contributed by atoms with van der Waals surface area (Å²) in [5.74, 6) is 0. The highest BCUT2D eigenvalue weighted by Gasteiger charge is 1.65. The molecule has 0 rings (SSSR count). The molecule has 0 aromatic carbocycles. The maximum atomic E-state index is 8.78. The minimum Gasteiger partial charge on any atom is -0.465 e. The minimum absolute atomic E-state index is 1.24. The molecule has 0 bridgehead atoms. The standard InChI is InChI=1S/C2N2.CH3NO2/c3-1-2-4;2-1(3)4/h;2H2,(H,3,4). The summed E-state index contributed by atoms with van der Waals surface area (Å²) in [5, 5.41) is 21.7. The van der Waals surface area contributed by atoms with Crippen molar-refractivity contribution in [1.82, 2.24) is 0 Å². The Hall–Kier alpha value is -1.75. The van der Waals surface area contributed by atoms with Gasteiger partial charge < -0.3 is 10.8 Å². The van der Waals surface area contributed by atoms with Crippen molar-refractivity contribution in [1.29, 1.82) is 10.5 Å². The van der Waals surface area contributed by atoms with E-state index in [-0.39, 0.29) is 0 Å². The average molecular weight is 113 g/mol. The van der Waals surface area contributed by atoms with Crippen LogP contribution in [-0.2, 0) is 0 Å². The number of nitrogens with zero attached hydrogens (tertiary/aromatic N) is 2. The van der Waals surface area contributed by atoms with Crippen LogP contribution in [-0.4, -0.2) is 11.2 Å². The Morgan fingerprint density at radius 2 is 1.62 bits per heavy atom. The zero-order chi connectivity index (χ0) is 6.99. The van der Waals surface area contributed by atoms with Gasteiger partial charge in [0.05, 0.1) is 0 Å².